The van der Waals surface area contributed by atoms with E-state index in [9.17, 15) is 4.79 Å². The summed E-state index contributed by atoms with van der Waals surface area (Å²) in [6.45, 7) is 12.2. The van der Waals surface area contributed by atoms with Crippen molar-refractivity contribution in [3.63, 3.8) is 0 Å². The Balaban J connectivity index is 1.66. The van der Waals surface area contributed by atoms with E-state index in [0.717, 1.165) is 22.8 Å². The van der Waals surface area contributed by atoms with Gasteiger partial charge in [0.1, 0.15) is 5.75 Å². The maximum Gasteiger partial charge on any atom is 0.229 e. The number of amides is 1. The molecule has 212 valence electrons. The average Bonchev–Trinajstić information content (AvgIpc) is 3.40. The van der Waals surface area contributed by atoms with Crippen LogP contribution in [-0.4, -0.2) is 27.7 Å². The zero-order valence-electron chi connectivity index (χ0n) is 24.6. The van der Waals surface area contributed by atoms with E-state index in [4.69, 9.17) is 21.9 Å². The monoisotopic (exact) mass is 567 g/mol. The Kier molecular flexibility index (Phi) is 7.62. The van der Waals surface area contributed by atoms with E-state index in [1.807, 2.05) is 69.4 Å². The molecule has 2 aromatic carbocycles. The molecule has 1 fully saturated rings. The average molecular weight is 568 g/mol. The molecule has 0 bridgehead atoms. The third-order valence-electron chi connectivity index (χ3n) is 7.81. The number of pyridine rings is 1. The smallest absolute Gasteiger partial charge is 0.229 e. The molecule has 1 aliphatic heterocycles. The number of nitrogens with zero attached hydrogens (tertiary/aromatic N) is 3. The molecular formula is C33H37N5O2S. The van der Waals surface area contributed by atoms with E-state index < -0.39 is 5.41 Å². The van der Waals surface area contributed by atoms with Crippen LogP contribution in [0.15, 0.2) is 72.9 Å². The number of methoxy groups -OCH3 is 1. The summed E-state index contributed by atoms with van der Waals surface area (Å²) in [4.78, 5) is 19.6. The molecule has 0 radical (unpaired) electrons. The van der Waals surface area contributed by atoms with Crippen LogP contribution in [0.3, 0.4) is 0 Å². The van der Waals surface area contributed by atoms with Crippen molar-refractivity contribution in [2.45, 2.75) is 53.6 Å². The van der Waals surface area contributed by atoms with Gasteiger partial charge in [-0.05, 0) is 75.0 Å². The highest BCUT2D eigenvalue weighted by atomic mass is 32.1. The minimum atomic E-state index is -0.538. The summed E-state index contributed by atoms with van der Waals surface area (Å²) in [6.07, 6.45) is 1.82. The lowest BCUT2D eigenvalue weighted by Gasteiger charge is -2.29. The van der Waals surface area contributed by atoms with Crippen molar-refractivity contribution >= 4 is 34.6 Å². The first-order valence-electron chi connectivity index (χ1n) is 13.8. The SMILES string of the molecule is COc1cc(N2C(=S)N[C@@H](c3ccccn3)[C@H]2c2c(C)c(C)n(-c3ccccc3)c2C)ccc1NC(=O)C(C)(C)C. The number of benzene rings is 2. The molecule has 4 aromatic rings. The lowest BCUT2D eigenvalue weighted by Crippen LogP contribution is -2.30. The van der Waals surface area contributed by atoms with Crippen molar-refractivity contribution in [1.29, 1.82) is 0 Å². The molecule has 2 atom stereocenters. The Hall–Kier alpha value is -4.17. The second kappa shape index (κ2) is 11.0. The Morgan fingerprint density at radius 2 is 1.68 bits per heavy atom. The zero-order valence-corrected chi connectivity index (χ0v) is 25.5. The van der Waals surface area contributed by atoms with Crippen molar-refractivity contribution < 1.29 is 9.53 Å². The number of hydrogen-bond donors (Lipinski definition) is 2. The lowest BCUT2D eigenvalue weighted by atomic mass is 9.93. The highest BCUT2D eigenvalue weighted by molar-refractivity contribution is 7.80. The van der Waals surface area contributed by atoms with Crippen LogP contribution in [0, 0.1) is 26.2 Å². The molecular weight excluding hydrogens is 530 g/mol. The normalized spacial score (nSPS) is 17.0. The first-order chi connectivity index (χ1) is 19.5. The molecule has 2 aromatic heterocycles. The zero-order chi connectivity index (χ0) is 29.5. The first-order valence-corrected chi connectivity index (χ1v) is 14.2. The van der Waals surface area contributed by atoms with Crippen LogP contribution in [0.4, 0.5) is 11.4 Å². The number of carbonyl (C=O) groups is 1. The molecule has 0 spiro atoms. The fraction of sp³-hybridized carbons (Fsp3) is 0.303. The summed E-state index contributed by atoms with van der Waals surface area (Å²) in [6, 6.07) is 21.8. The Morgan fingerprint density at radius 3 is 2.32 bits per heavy atom. The van der Waals surface area contributed by atoms with Crippen LogP contribution in [0.1, 0.15) is 61.1 Å². The van der Waals surface area contributed by atoms with Crippen LogP contribution < -0.4 is 20.3 Å². The second-order valence-corrected chi connectivity index (χ2v) is 11.9. The topological polar surface area (TPSA) is 71.4 Å². The number of rotatable bonds is 6. The van der Waals surface area contributed by atoms with Gasteiger partial charge in [0, 0.05) is 46.0 Å². The number of hydrogen-bond acceptors (Lipinski definition) is 4. The number of anilines is 2. The Morgan fingerprint density at radius 1 is 0.976 bits per heavy atom. The highest BCUT2D eigenvalue weighted by Crippen LogP contribution is 2.46. The molecule has 0 aliphatic carbocycles. The van der Waals surface area contributed by atoms with Crippen molar-refractivity contribution in [2.75, 3.05) is 17.3 Å². The second-order valence-electron chi connectivity index (χ2n) is 11.5. The van der Waals surface area contributed by atoms with Crippen LogP contribution in [0.2, 0.25) is 0 Å². The van der Waals surface area contributed by atoms with Gasteiger partial charge < -0.3 is 24.8 Å². The van der Waals surface area contributed by atoms with Crippen molar-refractivity contribution in [3.8, 4) is 11.4 Å². The standard InChI is InChI=1S/C33H37N5O2S/c1-20-21(2)37(23-13-9-8-10-14-23)22(3)28(20)30-29(26-15-11-12-18-34-26)36-32(41)38(30)24-16-17-25(27(19-24)40-7)35-31(39)33(4,5)6/h8-19,29-30H,1-7H3,(H,35,39)(H,36,41)/t29-,30+/m0/s1. The van der Waals surface area contributed by atoms with Gasteiger partial charge in [0.2, 0.25) is 5.91 Å². The fourth-order valence-electron chi connectivity index (χ4n) is 5.58. The molecule has 41 heavy (non-hydrogen) atoms. The predicted molar refractivity (Wildman–Crippen MR) is 169 cm³/mol. The van der Waals surface area contributed by atoms with Gasteiger partial charge in [0.05, 0.1) is 30.6 Å². The molecule has 8 heteroatoms. The van der Waals surface area contributed by atoms with Gasteiger partial charge in [-0.25, -0.2) is 0 Å². The maximum atomic E-state index is 12.7. The maximum absolute atomic E-state index is 12.7. The molecule has 3 heterocycles. The number of nitrogens with one attached hydrogen (secondary N) is 2. The molecule has 1 saturated heterocycles. The highest BCUT2D eigenvalue weighted by Gasteiger charge is 2.43. The fourth-order valence-corrected chi connectivity index (χ4v) is 5.92. The van der Waals surface area contributed by atoms with Crippen molar-refractivity contribution in [1.82, 2.24) is 14.9 Å². The third-order valence-corrected chi connectivity index (χ3v) is 8.12. The molecule has 0 unspecified atom stereocenters. The van der Waals surface area contributed by atoms with Crippen LogP contribution >= 0.6 is 12.2 Å². The minimum Gasteiger partial charge on any atom is -0.494 e. The predicted octanol–water partition coefficient (Wildman–Crippen LogP) is 6.97. The number of para-hydroxylation sites is 1. The minimum absolute atomic E-state index is 0.0843. The number of carbonyl (C=O) groups excluding carboxylic acids is 1. The summed E-state index contributed by atoms with van der Waals surface area (Å²) in [7, 11) is 1.61. The van der Waals surface area contributed by atoms with Gasteiger partial charge in [-0.15, -0.1) is 0 Å². The molecule has 0 saturated carbocycles. The first kappa shape index (κ1) is 28.4. The third kappa shape index (κ3) is 5.20. The summed E-state index contributed by atoms with van der Waals surface area (Å²) < 4.78 is 8.06. The van der Waals surface area contributed by atoms with E-state index in [-0.39, 0.29) is 18.0 Å². The van der Waals surface area contributed by atoms with Gasteiger partial charge >= 0.3 is 0 Å². The van der Waals surface area contributed by atoms with Crippen LogP contribution in [-0.2, 0) is 4.79 Å². The Labute approximate surface area is 247 Å². The lowest BCUT2D eigenvalue weighted by molar-refractivity contribution is -0.123. The number of thiocarbonyl (C=S) groups is 1. The van der Waals surface area contributed by atoms with Gasteiger partial charge in [-0.1, -0.05) is 45.0 Å². The van der Waals surface area contributed by atoms with E-state index >= 15 is 0 Å². The van der Waals surface area contributed by atoms with Gasteiger partial charge in [-0.3, -0.25) is 9.78 Å². The molecule has 5 rings (SSSR count). The summed E-state index contributed by atoms with van der Waals surface area (Å²) in [5, 5.41) is 7.18. The molecule has 7 nitrogen and oxygen atoms in total. The van der Waals surface area contributed by atoms with Crippen molar-refractivity contribution in [3.05, 3.63) is 101 Å². The summed E-state index contributed by atoms with van der Waals surface area (Å²) in [5.74, 6) is 0.480. The van der Waals surface area contributed by atoms with E-state index in [0.29, 0.717) is 16.5 Å². The van der Waals surface area contributed by atoms with Crippen LogP contribution in [0.5, 0.6) is 5.75 Å². The van der Waals surface area contributed by atoms with Crippen LogP contribution in [0.25, 0.3) is 5.69 Å². The van der Waals surface area contributed by atoms with Crippen molar-refractivity contribution in [2.24, 2.45) is 5.41 Å². The van der Waals surface area contributed by atoms with E-state index in [1.165, 1.54) is 16.8 Å². The molecule has 2 N–H and O–H groups in total. The number of ether oxygens (including phenoxy) is 1. The summed E-state index contributed by atoms with van der Waals surface area (Å²) in [5.41, 5.74) is 7.69. The van der Waals surface area contributed by atoms with E-state index in [2.05, 4.69) is 65.1 Å². The number of aromatic nitrogens is 2. The molecule has 1 amide bonds. The van der Waals surface area contributed by atoms with Gasteiger partial charge in [0.25, 0.3) is 0 Å². The quantitative estimate of drug-likeness (QED) is 0.245. The molecule has 1 aliphatic rings. The summed E-state index contributed by atoms with van der Waals surface area (Å²) >= 11 is 6.00. The van der Waals surface area contributed by atoms with Gasteiger partial charge in [0.15, 0.2) is 5.11 Å². The Bertz CT molecular complexity index is 1590. The van der Waals surface area contributed by atoms with E-state index in [1.54, 1.807) is 7.11 Å². The van der Waals surface area contributed by atoms with Gasteiger partial charge in [-0.2, -0.15) is 0 Å². The largest absolute Gasteiger partial charge is 0.494 e.